The highest BCUT2D eigenvalue weighted by atomic mass is 16.6. The standard InChI is InChI=1S/C14H20O4.C3H6/c15-14(9-2-4-11-13(6-9)18-11)16-7-8-1-3-10-12(5-8)17-10;1-3-2/h8-13H,1-7H2;3H,1H2,2H3. The van der Waals surface area contributed by atoms with Crippen LogP contribution in [-0.4, -0.2) is 37.0 Å². The van der Waals surface area contributed by atoms with Gasteiger partial charge < -0.3 is 14.2 Å². The van der Waals surface area contributed by atoms with Crippen LogP contribution in [-0.2, 0) is 19.0 Å². The van der Waals surface area contributed by atoms with Crippen molar-refractivity contribution in [1.82, 2.24) is 0 Å². The van der Waals surface area contributed by atoms with Crippen LogP contribution in [0.15, 0.2) is 12.7 Å². The lowest BCUT2D eigenvalue weighted by Gasteiger charge is -2.21. The monoisotopic (exact) mass is 294 g/mol. The van der Waals surface area contributed by atoms with Crippen LogP contribution in [0.2, 0.25) is 0 Å². The first-order valence-corrected chi connectivity index (χ1v) is 8.25. The number of epoxide rings is 2. The fourth-order valence-electron chi connectivity index (χ4n) is 3.57. The Morgan fingerprint density at radius 1 is 1.10 bits per heavy atom. The van der Waals surface area contributed by atoms with Gasteiger partial charge in [-0.1, -0.05) is 6.08 Å². The molecular weight excluding hydrogens is 268 g/mol. The Labute approximate surface area is 126 Å². The lowest BCUT2D eigenvalue weighted by molar-refractivity contribution is -0.151. The molecule has 4 rings (SSSR count). The maximum Gasteiger partial charge on any atom is 0.309 e. The summed E-state index contributed by atoms with van der Waals surface area (Å²) >= 11 is 0. The molecule has 0 spiro atoms. The van der Waals surface area contributed by atoms with Gasteiger partial charge in [0.25, 0.3) is 0 Å². The largest absolute Gasteiger partial charge is 0.465 e. The van der Waals surface area contributed by atoms with Crippen molar-refractivity contribution >= 4 is 5.97 Å². The number of rotatable bonds is 3. The van der Waals surface area contributed by atoms with Crippen molar-refractivity contribution < 1.29 is 19.0 Å². The lowest BCUT2D eigenvalue weighted by atomic mass is 9.89. The molecule has 4 nitrogen and oxygen atoms in total. The van der Waals surface area contributed by atoms with E-state index in [0.717, 1.165) is 38.5 Å². The summed E-state index contributed by atoms with van der Waals surface area (Å²) in [4.78, 5) is 12.0. The molecule has 0 aromatic heterocycles. The molecule has 0 radical (unpaired) electrons. The van der Waals surface area contributed by atoms with Crippen molar-refractivity contribution in [1.29, 1.82) is 0 Å². The minimum absolute atomic E-state index is 0.00258. The molecule has 0 amide bonds. The van der Waals surface area contributed by atoms with Crippen LogP contribution >= 0.6 is 0 Å². The van der Waals surface area contributed by atoms with E-state index in [0.29, 0.717) is 36.9 Å². The molecule has 4 fully saturated rings. The highest BCUT2D eigenvalue weighted by Crippen LogP contribution is 2.41. The van der Waals surface area contributed by atoms with Crippen LogP contribution in [0, 0.1) is 11.8 Å². The van der Waals surface area contributed by atoms with Crippen molar-refractivity contribution in [2.24, 2.45) is 11.8 Å². The molecule has 2 saturated heterocycles. The SMILES string of the molecule is C=CC.O=C(OCC1CCC2OC2C1)C1CCC2OC2C1. The Kier molecular flexibility index (Phi) is 4.65. The van der Waals surface area contributed by atoms with E-state index in [1.807, 2.05) is 6.92 Å². The summed E-state index contributed by atoms with van der Waals surface area (Å²) in [5, 5.41) is 0. The third kappa shape index (κ3) is 3.86. The molecule has 21 heavy (non-hydrogen) atoms. The molecule has 0 aromatic rings. The fraction of sp³-hybridized carbons (Fsp3) is 0.824. The first-order valence-electron chi connectivity index (χ1n) is 8.25. The highest BCUT2D eigenvalue weighted by Gasteiger charge is 2.47. The van der Waals surface area contributed by atoms with Gasteiger partial charge in [-0.15, -0.1) is 6.58 Å². The van der Waals surface area contributed by atoms with Crippen LogP contribution in [0.3, 0.4) is 0 Å². The number of carbonyl (C=O) groups excluding carboxylic acids is 1. The van der Waals surface area contributed by atoms with Crippen molar-refractivity contribution in [2.75, 3.05) is 6.61 Å². The first kappa shape index (κ1) is 15.0. The Bertz CT molecular complexity index is 394. The number of ether oxygens (including phenoxy) is 3. The van der Waals surface area contributed by atoms with E-state index in [1.54, 1.807) is 6.08 Å². The number of hydrogen-bond acceptors (Lipinski definition) is 4. The van der Waals surface area contributed by atoms with Gasteiger partial charge in [-0.05, 0) is 51.4 Å². The normalized spacial score (nSPS) is 42.5. The smallest absolute Gasteiger partial charge is 0.309 e. The zero-order valence-electron chi connectivity index (χ0n) is 12.8. The molecule has 4 heteroatoms. The summed E-state index contributed by atoms with van der Waals surface area (Å²) in [7, 11) is 0. The van der Waals surface area contributed by atoms with Gasteiger partial charge in [-0.25, -0.2) is 0 Å². The van der Waals surface area contributed by atoms with E-state index >= 15 is 0 Å². The number of hydrogen-bond donors (Lipinski definition) is 0. The highest BCUT2D eigenvalue weighted by molar-refractivity contribution is 5.72. The molecular formula is C17H26O4. The second-order valence-electron chi connectivity index (χ2n) is 6.65. The van der Waals surface area contributed by atoms with Crippen LogP contribution in [0.1, 0.15) is 45.4 Å². The van der Waals surface area contributed by atoms with E-state index in [1.165, 1.54) is 0 Å². The molecule has 6 unspecified atom stereocenters. The molecule has 2 heterocycles. The quantitative estimate of drug-likeness (QED) is 0.456. The van der Waals surface area contributed by atoms with Crippen molar-refractivity contribution in [2.45, 2.75) is 69.9 Å². The van der Waals surface area contributed by atoms with Gasteiger partial charge in [0.2, 0.25) is 0 Å². The van der Waals surface area contributed by atoms with Crippen LogP contribution in [0.5, 0.6) is 0 Å². The Morgan fingerprint density at radius 3 is 2.33 bits per heavy atom. The van der Waals surface area contributed by atoms with Crippen molar-refractivity contribution in [3.05, 3.63) is 12.7 Å². The fourth-order valence-corrected chi connectivity index (χ4v) is 3.57. The van der Waals surface area contributed by atoms with Gasteiger partial charge >= 0.3 is 5.97 Å². The van der Waals surface area contributed by atoms with E-state index in [-0.39, 0.29) is 11.9 Å². The third-order valence-corrected chi connectivity index (χ3v) is 4.91. The molecule has 0 bridgehead atoms. The Balaban J connectivity index is 0.000000409. The third-order valence-electron chi connectivity index (χ3n) is 4.91. The summed E-state index contributed by atoms with van der Waals surface area (Å²) in [6.45, 7) is 5.84. The summed E-state index contributed by atoms with van der Waals surface area (Å²) < 4.78 is 16.4. The number of carbonyl (C=O) groups is 1. The average molecular weight is 294 g/mol. The molecule has 0 N–H and O–H groups in total. The molecule has 0 aromatic carbocycles. The van der Waals surface area contributed by atoms with Crippen LogP contribution in [0.4, 0.5) is 0 Å². The molecule has 2 aliphatic carbocycles. The van der Waals surface area contributed by atoms with Gasteiger partial charge in [0.1, 0.15) is 0 Å². The second-order valence-corrected chi connectivity index (χ2v) is 6.65. The maximum absolute atomic E-state index is 12.0. The van der Waals surface area contributed by atoms with Crippen molar-refractivity contribution in [3.63, 3.8) is 0 Å². The van der Waals surface area contributed by atoms with Gasteiger partial charge in [0.05, 0.1) is 36.9 Å². The van der Waals surface area contributed by atoms with Crippen molar-refractivity contribution in [3.8, 4) is 0 Å². The topological polar surface area (TPSA) is 51.4 Å². The zero-order chi connectivity index (χ0) is 14.8. The van der Waals surface area contributed by atoms with Gasteiger partial charge in [-0.3, -0.25) is 4.79 Å². The van der Waals surface area contributed by atoms with E-state index < -0.39 is 0 Å². The summed E-state index contributed by atoms with van der Waals surface area (Å²) in [5.74, 6) is 0.608. The molecule has 4 aliphatic rings. The van der Waals surface area contributed by atoms with Gasteiger partial charge in [-0.2, -0.15) is 0 Å². The number of allylic oxidation sites excluding steroid dienone is 1. The molecule has 6 atom stereocenters. The Morgan fingerprint density at radius 2 is 1.71 bits per heavy atom. The lowest BCUT2D eigenvalue weighted by Crippen LogP contribution is -2.27. The zero-order valence-corrected chi connectivity index (χ0v) is 12.8. The molecule has 2 aliphatic heterocycles. The van der Waals surface area contributed by atoms with Gasteiger partial charge in [0, 0.05) is 0 Å². The summed E-state index contributed by atoms with van der Waals surface area (Å²) in [6.07, 6.45) is 9.78. The van der Waals surface area contributed by atoms with Crippen LogP contribution < -0.4 is 0 Å². The molecule has 118 valence electrons. The summed E-state index contributed by atoms with van der Waals surface area (Å²) in [6, 6.07) is 0. The van der Waals surface area contributed by atoms with Gasteiger partial charge in [0.15, 0.2) is 0 Å². The molecule has 2 saturated carbocycles. The maximum atomic E-state index is 12.0. The van der Waals surface area contributed by atoms with E-state index in [9.17, 15) is 4.79 Å². The van der Waals surface area contributed by atoms with Crippen LogP contribution in [0.25, 0.3) is 0 Å². The van der Waals surface area contributed by atoms with E-state index in [4.69, 9.17) is 14.2 Å². The summed E-state index contributed by atoms with van der Waals surface area (Å²) in [5.41, 5.74) is 0. The minimum Gasteiger partial charge on any atom is -0.465 e. The minimum atomic E-state index is 0.00258. The Hall–Kier alpha value is -0.870. The predicted molar refractivity (Wildman–Crippen MR) is 78.8 cm³/mol. The average Bonchev–Trinajstić information content (AvgIpc) is 3.37. The predicted octanol–water partition coefficient (Wildman–Crippen LogP) is 2.86. The number of fused-ring (bicyclic) bond motifs is 2. The second kappa shape index (κ2) is 6.49. The van der Waals surface area contributed by atoms with E-state index in [2.05, 4.69) is 6.58 Å². The number of esters is 1. The first-order chi connectivity index (χ1) is 10.2.